The number of hydrogen-bond acceptors (Lipinski definition) is 4. The molecule has 0 bridgehead atoms. The van der Waals surface area contributed by atoms with Crippen LogP contribution in [-0.2, 0) is 9.53 Å². The van der Waals surface area contributed by atoms with Crippen LogP contribution in [0.15, 0.2) is 24.3 Å². The smallest absolute Gasteiger partial charge is 0.308 e. The van der Waals surface area contributed by atoms with Gasteiger partial charge in [0.2, 0.25) is 0 Å². The molecular formula is C12H17NO3. The van der Waals surface area contributed by atoms with Gasteiger partial charge in [-0.1, -0.05) is 12.1 Å². The van der Waals surface area contributed by atoms with Gasteiger partial charge in [0.1, 0.15) is 5.75 Å². The quantitative estimate of drug-likeness (QED) is 0.771. The highest BCUT2D eigenvalue weighted by Gasteiger charge is 2.03. The van der Waals surface area contributed by atoms with E-state index in [4.69, 9.17) is 10.5 Å². The molecule has 0 fully saturated rings. The van der Waals surface area contributed by atoms with Gasteiger partial charge >= 0.3 is 5.97 Å². The monoisotopic (exact) mass is 223 g/mol. The predicted octanol–water partition coefficient (Wildman–Crippen LogP) is 1.65. The number of esters is 1. The van der Waals surface area contributed by atoms with Gasteiger partial charge in [-0.3, -0.25) is 4.79 Å². The number of methoxy groups -OCH3 is 1. The molecule has 1 rings (SSSR count). The van der Waals surface area contributed by atoms with E-state index in [1.807, 2.05) is 31.2 Å². The van der Waals surface area contributed by atoms with Crippen LogP contribution >= 0.6 is 0 Å². The highest BCUT2D eigenvalue weighted by Crippen LogP contribution is 2.17. The molecule has 2 N–H and O–H groups in total. The van der Waals surface area contributed by atoms with Gasteiger partial charge in [-0.15, -0.1) is 0 Å². The Morgan fingerprint density at radius 1 is 1.50 bits per heavy atom. The second-order valence-corrected chi connectivity index (χ2v) is 3.54. The van der Waals surface area contributed by atoms with Crippen molar-refractivity contribution in [3.8, 4) is 5.75 Å². The number of benzene rings is 1. The second-order valence-electron chi connectivity index (χ2n) is 3.54. The first-order valence-corrected chi connectivity index (χ1v) is 5.18. The molecule has 0 spiro atoms. The van der Waals surface area contributed by atoms with Crippen molar-refractivity contribution in [2.24, 2.45) is 5.73 Å². The lowest BCUT2D eigenvalue weighted by Crippen LogP contribution is -2.08. The molecule has 0 heterocycles. The number of rotatable bonds is 5. The summed E-state index contributed by atoms with van der Waals surface area (Å²) in [5.41, 5.74) is 6.76. The molecule has 0 saturated heterocycles. The summed E-state index contributed by atoms with van der Waals surface area (Å²) in [5, 5.41) is 0. The molecule has 0 amide bonds. The first-order valence-electron chi connectivity index (χ1n) is 5.18. The minimum atomic E-state index is -0.275. The van der Waals surface area contributed by atoms with Gasteiger partial charge < -0.3 is 15.2 Å². The summed E-state index contributed by atoms with van der Waals surface area (Å²) in [5.74, 6) is 0.446. The van der Waals surface area contributed by atoms with Gasteiger partial charge in [0.15, 0.2) is 0 Å². The molecule has 0 aliphatic rings. The molecule has 1 aromatic carbocycles. The molecule has 0 aliphatic heterocycles. The van der Waals surface area contributed by atoms with E-state index in [0.717, 1.165) is 11.3 Å². The van der Waals surface area contributed by atoms with Crippen molar-refractivity contribution >= 4 is 5.97 Å². The summed E-state index contributed by atoms with van der Waals surface area (Å²) >= 11 is 0. The maximum absolute atomic E-state index is 10.9. The van der Waals surface area contributed by atoms with Crippen molar-refractivity contribution in [3.63, 3.8) is 0 Å². The van der Waals surface area contributed by atoms with Crippen molar-refractivity contribution in [2.45, 2.75) is 19.4 Å². The zero-order valence-electron chi connectivity index (χ0n) is 9.60. The van der Waals surface area contributed by atoms with Crippen LogP contribution < -0.4 is 10.5 Å². The van der Waals surface area contributed by atoms with Crippen LogP contribution in [0.25, 0.3) is 0 Å². The van der Waals surface area contributed by atoms with E-state index in [0.29, 0.717) is 6.61 Å². The second kappa shape index (κ2) is 6.12. The Bertz CT molecular complexity index is 350. The van der Waals surface area contributed by atoms with Crippen molar-refractivity contribution in [3.05, 3.63) is 29.8 Å². The Hall–Kier alpha value is -1.55. The summed E-state index contributed by atoms with van der Waals surface area (Å²) in [6.07, 6.45) is 0.249. The Balaban J connectivity index is 2.48. The molecule has 1 aromatic rings. The summed E-state index contributed by atoms with van der Waals surface area (Å²) in [4.78, 5) is 10.9. The van der Waals surface area contributed by atoms with Crippen LogP contribution in [-0.4, -0.2) is 19.7 Å². The molecule has 4 nitrogen and oxygen atoms in total. The zero-order valence-corrected chi connectivity index (χ0v) is 9.60. The SMILES string of the molecule is COC(=O)CCOc1cccc([C@H](C)N)c1. The van der Waals surface area contributed by atoms with E-state index in [1.165, 1.54) is 7.11 Å². The Morgan fingerprint density at radius 3 is 2.88 bits per heavy atom. The lowest BCUT2D eigenvalue weighted by Gasteiger charge is -2.09. The summed E-state index contributed by atoms with van der Waals surface area (Å²) < 4.78 is 9.92. The zero-order chi connectivity index (χ0) is 12.0. The largest absolute Gasteiger partial charge is 0.493 e. The van der Waals surface area contributed by atoms with Gasteiger partial charge in [-0.25, -0.2) is 0 Å². The lowest BCUT2D eigenvalue weighted by molar-refractivity contribution is -0.141. The molecule has 0 aliphatic carbocycles. The van der Waals surface area contributed by atoms with Gasteiger partial charge in [0.25, 0.3) is 0 Å². The van der Waals surface area contributed by atoms with Crippen LogP contribution in [0.3, 0.4) is 0 Å². The lowest BCUT2D eigenvalue weighted by atomic mass is 10.1. The average Bonchev–Trinajstić information content (AvgIpc) is 2.29. The first-order chi connectivity index (χ1) is 7.63. The predicted molar refractivity (Wildman–Crippen MR) is 61.2 cm³/mol. The van der Waals surface area contributed by atoms with Crippen molar-refractivity contribution in [2.75, 3.05) is 13.7 Å². The Morgan fingerprint density at radius 2 is 2.25 bits per heavy atom. The third kappa shape index (κ3) is 3.90. The van der Waals surface area contributed by atoms with Gasteiger partial charge in [-0.2, -0.15) is 0 Å². The number of nitrogens with two attached hydrogens (primary N) is 1. The molecule has 1 atom stereocenters. The van der Waals surface area contributed by atoms with E-state index >= 15 is 0 Å². The number of ether oxygens (including phenoxy) is 2. The molecule has 0 radical (unpaired) electrons. The highest BCUT2D eigenvalue weighted by molar-refractivity contribution is 5.69. The average molecular weight is 223 g/mol. The molecule has 4 heteroatoms. The van der Waals surface area contributed by atoms with E-state index in [2.05, 4.69) is 4.74 Å². The van der Waals surface area contributed by atoms with Crippen LogP contribution in [0.2, 0.25) is 0 Å². The van der Waals surface area contributed by atoms with E-state index < -0.39 is 0 Å². The maximum atomic E-state index is 10.9. The van der Waals surface area contributed by atoms with Crippen LogP contribution in [0.5, 0.6) is 5.75 Å². The number of carbonyl (C=O) groups excluding carboxylic acids is 1. The van der Waals surface area contributed by atoms with Gasteiger partial charge in [0.05, 0.1) is 20.1 Å². The van der Waals surface area contributed by atoms with Gasteiger partial charge in [-0.05, 0) is 24.6 Å². The van der Waals surface area contributed by atoms with Gasteiger partial charge in [0, 0.05) is 6.04 Å². The Kier molecular flexibility index (Phi) is 4.79. The Labute approximate surface area is 95.3 Å². The standard InChI is InChI=1S/C12H17NO3/c1-9(13)10-4-3-5-11(8-10)16-7-6-12(14)15-2/h3-5,8-9H,6-7,13H2,1-2H3/t9-/m0/s1. The summed E-state index contributed by atoms with van der Waals surface area (Å²) in [7, 11) is 1.36. The maximum Gasteiger partial charge on any atom is 0.308 e. The van der Waals surface area contributed by atoms with E-state index in [9.17, 15) is 4.79 Å². The minimum absolute atomic E-state index is 0.0239. The third-order valence-corrected chi connectivity index (χ3v) is 2.19. The van der Waals surface area contributed by atoms with E-state index in [1.54, 1.807) is 0 Å². The molecule has 0 unspecified atom stereocenters. The fourth-order valence-corrected chi connectivity index (χ4v) is 1.24. The normalized spacial score (nSPS) is 11.9. The minimum Gasteiger partial charge on any atom is -0.493 e. The highest BCUT2D eigenvalue weighted by atomic mass is 16.5. The van der Waals surface area contributed by atoms with Crippen molar-refractivity contribution in [1.82, 2.24) is 0 Å². The summed E-state index contributed by atoms with van der Waals surface area (Å²) in [6, 6.07) is 7.51. The molecule has 88 valence electrons. The molecule has 0 saturated carbocycles. The molecule has 16 heavy (non-hydrogen) atoms. The van der Waals surface area contributed by atoms with Crippen LogP contribution in [0.1, 0.15) is 24.9 Å². The summed E-state index contributed by atoms with van der Waals surface area (Å²) in [6.45, 7) is 2.22. The topological polar surface area (TPSA) is 61.5 Å². The molecular weight excluding hydrogens is 206 g/mol. The number of carbonyl (C=O) groups is 1. The van der Waals surface area contributed by atoms with Crippen LogP contribution in [0.4, 0.5) is 0 Å². The third-order valence-electron chi connectivity index (χ3n) is 2.19. The first kappa shape index (κ1) is 12.5. The molecule has 0 aromatic heterocycles. The van der Waals surface area contributed by atoms with Crippen molar-refractivity contribution in [1.29, 1.82) is 0 Å². The fourth-order valence-electron chi connectivity index (χ4n) is 1.24. The number of hydrogen-bond donors (Lipinski definition) is 1. The van der Waals surface area contributed by atoms with Crippen molar-refractivity contribution < 1.29 is 14.3 Å². The van der Waals surface area contributed by atoms with Crippen LogP contribution in [0, 0.1) is 0 Å². The fraction of sp³-hybridized carbons (Fsp3) is 0.417. The van der Waals surface area contributed by atoms with E-state index in [-0.39, 0.29) is 18.4 Å².